The molecular formula is C21H30FN3O2. The van der Waals surface area contributed by atoms with E-state index in [9.17, 15) is 14.0 Å². The summed E-state index contributed by atoms with van der Waals surface area (Å²) in [6.45, 7) is 6.72. The van der Waals surface area contributed by atoms with Gasteiger partial charge in [0.25, 0.3) is 0 Å². The maximum atomic E-state index is 13.4. The number of carbonyl (C=O) groups excluding carboxylic acids is 2. The number of benzene rings is 1. The van der Waals surface area contributed by atoms with E-state index in [1.807, 2.05) is 17.0 Å². The fraction of sp³-hybridized carbons (Fsp3) is 0.619. The first-order valence-electron chi connectivity index (χ1n) is 9.85. The van der Waals surface area contributed by atoms with E-state index >= 15 is 0 Å². The zero-order valence-corrected chi connectivity index (χ0v) is 16.3. The second kappa shape index (κ2) is 7.97. The van der Waals surface area contributed by atoms with Gasteiger partial charge in [0.05, 0.1) is 12.0 Å². The van der Waals surface area contributed by atoms with Crippen LogP contribution >= 0.6 is 0 Å². The first kappa shape index (κ1) is 19.8. The smallest absolute Gasteiger partial charge is 0.231 e. The minimum atomic E-state index is -0.326. The lowest BCUT2D eigenvalue weighted by molar-refractivity contribution is -0.139. The first-order chi connectivity index (χ1) is 12.8. The highest BCUT2D eigenvalue weighted by Gasteiger charge is 2.52. The Labute approximate surface area is 160 Å². The maximum absolute atomic E-state index is 13.4. The highest BCUT2D eigenvalue weighted by Crippen LogP contribution is 2.45. The molecule has 0 aliphatic carbocycles. The molecule has 0 radical (unpaired) electrons. The minimum absolute atomic E-state index is 0.146. The van der Waals surface area contributed by atoms with E-state index in [1.165, 1.54) is 12.1 Å². The summed E-state index contributed by atoms with van der Waals surface area (Å²) in [5.74, 6) is 0.0923. The average Bonchev–Trinajstić information content (AvgIpc) is 2.84. The zero-order valence-electron chi connectivity index (χ0n) is 16.3. The van der Waals surface area contributed by atoms with Crippen LogP contribution in [0.2, 0.25) is 0 Å². The summed E-state index contributed by atoms with van der Waals surface area (Å²) >= 11 is 0. The van der Waals surface area contributed by atoms with E-state index in [2.05, 4.69) is 18.7 Å². The Morgan fingerprint density at radius 1 is 1.26 bits per heavy atom. The third kappa shape index (κ3) is 4.49. The highest BCUT2D eigenvalue weighted by atomic mass is 19.1. The van der Waals surface area contributed by atoms with E-state index in [4.69, 9.17) is 5.73 Å². The Morgan fingerprint density at radius 3 is 2.44 bits per heavy atom. The molecule has 0 bridgehead atoms. The van der Waals surface area contributed by atoms with Crippen molar-refractivity contribution in [3.63, 3.8) is 0 Å². The van der Waals surface area contributed by atoms with Crippen molar-refractivity contribution in [1.82, 2.24) is 9.80 Å². The summed E-state index contributed by atoms with van der Waals surface area (Å²) in [6, 6.07) is 6.74. The van der Waals surface area contributed by atoms with E-state index in [0.29, 0.717) is 5.92 Å². The fourth-order valence-corrected chi connectivity index (χ4v) is 4.60. The predicted molar refractivity (Wildman–Crippen MR) is 102 cm³/mol. The number of nitrogens with zero attached hydrogens (tertiary/aromatic N) is 2. The number of carbonyl (C=O) groups is 2. The molecule has 5 nitrogen and oxygen atoms in total. The molecule has 2 aliphatic heterocycles. The molecule has 2 amide bonds. The van der Waals surface area contributed by atoms with Crippen LogP contribution in [-0.4, -0.2) is 53.8 Å². The number of nitrogens with two attached hydrogens (primary N) is 1. The van der Waals surface area contributed by atoms with E-state index in [0.717, 1.165) is 50.9 Å². The van der Waals surface area contributed by atoms with Crippen molar-refractivity contribution in [2.24, 2.45) is 17.1 Å². The molecule has 148 valence electrons. The molecule has 0 unspecified atom stereocenters. The number of hydrogen-bond donors (Lipinski definition) is 1. The highest BCUT2D eigenvalue weighted by molar-refractivity contribution is 5.85. The number of rotatable bonds is 6. The molecule has 2 aliphatic rings. The molecule has 2 saturated heterocycles. The van der Waals surface area contributed by atoms with Gasteiger partial charge >= 0.3 is 0 Å². The lowest BCUT2D eigenvalue weighted by atomic mass is 9.75. The van der Waals surface area contributed by atoms with Gasteiger partial charge in [-0.25, -0.2) is 4.39 Å². The molecule has 1 atom stereocenters. The van der Waals surface area contributed by atoms with Gasteiger partial charge in [-0.05, 0) is 62.4 Å². The minimum Gasteiger partial charge on any atom is -0.369 e. The fourth-order valence-electron chi connectivity index (χ4n) is 4.60. The van der Waals surface area contributed by atoms with Crippen molar-refractivity contribution < 1.29 is 14.0 Å². The Bertz CT molecular complexity index is 681. The number of piperidine rings is 1. The molecule has 1 aromatic rings. The number of primary amides is 1. The molecule has 0 saturated carbocycles. The summed E-state index contributed by atoms with van der Waals surface area (Å²) in [6.07, 6.45) is 3.13. The molecular weight excluding hydrogens is 345 g/mol. The number of hydrogen-bond acceptors (Lipinski definition) is 3. The van der Waals surface area contributed by atoms with Crippen molar-refractivity contribution >= 4 is 11.8 Å². The van der Waals surface area contributed by atoms with Gasteiger partial charge in [0, 0.05) is 12.6 Å². The zero-order chi connectivity index (χ0) is 19.6. The van der Waals surface area contributed by atoms with Gasteiger partial charge in [0.1, 0.15) is 5.82 Å². The van der Waals surface area contributed by atoms with Gasteiger partial charge in [-0.2, -0.15) is 0 Å². The SMILES string of the molecule is CC(C)CN1C(=O)C2(CCN(CC(N)=O)CC2)C[C@@H]1Cc1ccc(F)cc1. The van der Waals surface area contributed by atoms with Crippen LogP contribution < -0.4 is 5.73 Å². The van der Waals surface area contributed by atoms with Crippen LogP contribution in [0.3, 0.4) is 0 Å². The molecule has 2 N–H and O–H groups in total. The Hall–Kier alpha value is -1.95. The largest absolute Gasteiger partial charge is 0.369 e. The van der Waals surface area contributed by atoms with Crippen molar-refractivity contribution in [3.8, 4) is 0 Å². The third-order valence-electron chi connectivity index (χ3n) is 5.92. The summed E-state index contributed by atoms with van der Waals surface area (Å²) < 4.78 is 13.2. The molecule has 1 aromatic carbocycles. The van der Waals surface area contributed by atoms with Crippen molar-refractivity contribution in [2.75, 3.05) is 26.2 Å². The molecule has 0 aromatic heterocycles. The van der Waals surface area contributed by atoms with E-state index in [-0.39, 0.29) is 35.6 Å². The number of halogens is 1. The van der Waals surface area contributed by atoms with E-state index < -0.39 is 0 Å². The maximum Gasteiger partial charge on any atom is 0.231 e. The first-order valence-corrected chi connectivity index (χ1v) is 9.85. The topological polar surface area (TPSA) is 66.6 Å². The van der Waals surface area contributed by atoms with Gasteiger partial charge in [0.15, 0.2) is 0 Å². The summed E-state index contributed by atoms with van der Waals surface area (Å²) in [5, 5.41) is 0. The quantitative estimate of drug-likeness (QED) is 0.829. The van der Waals surface area contributed by atoms with Gasteiger partial charge in [0.2, 0.25) is 11.8 Å². The van der Waals surface area contributed by atoms with Crippen molar-refractivity contribution in [3.05, 3.63) is 35.6 Å². The van der Waals surface area contributed by atoms with Gasteiger partial charge in [-0.15, -0.1) is 0 Å². The standard InChI is InChI=1S/C21H30FN3O2/c1-15(2)13-25-18(11-16-3-5-17(22)6-4-16)12-21(20(25)27)7-9-24(10-8-21)14-19(23)26/h3-6,15,18H,7-14H2,1-2H3,(H2,23,26)/t18-/m0/s1. The number of amides is 2. The lowest BCUT2D eigenvalue weighted by Crippen LogP contribution is -2.47. The Balaban J connectivity index is 1.74. The molecule has 1 spiro atoms. The summed E-state index contributed by atoms with van der Waals surface area (Å²) in [4.78, 5) is 28.6. The number of likely N-dealkylation sites (tertiary alicyclic amines) is 2. The molecule has 3 rings (SSSR count). The van der Waals surface area contributed by atoms with E-state index in [1.54, 1.807) is 0 Å². The third-order valence-corrected chi connectivity index (χ3v) is 5.92. The van der Waals surface area contributed by atoms with Crippen LogP contribution in [0.4, 0.5) is 4.39 Å². The monoisotopic (exact) mass is 375 g/mol. The van der Waals surface area contributed by atoms with Gasteiger partial charge in [-0.3, -0.25) is 14.5 Å². The van der Waals surface area contributed by atoms with Crippen molar-refractivity contribution in [1.29, 1.82) is 0 Å². The van der Waals surface area contributed by atoms with Crippen LogP contribution in [0.15, 0.2) is 24.3 Å². The van der Waals surface area contributed by atoms with Crippen LogP contribution in [0.1, 0.15) is 38.7 Å². The summed E-state index contributed by atoms with van der Waals surface area (Å²) in [7, 11) is 0. The molecule has 6 heteroatoms. The second-order valence-electron chi connectivity index (χ2n) is 8.56. The molecule has 27 heavy (non-hydrogen) atoms. The lowest BCUT2D eigenvalue weighted by Gasteiger charge is -2.37. The van der Waals surface area contributed by atoms with Crippen LogP contribution in [0.5, 0.6) is 0 Å². The van der Waals surface area contributed by atoms with Crippen molar-refractivity contribution in [2.45, 2.75) is 45.6 Å². The predicted octanol–water partition coefficient (Wildman–Crippen LogP) is 2.19. The van der Waals surface area contributed by atoms with Gasteiger partial charge in [-0.1, -0.05) is 26.0 Å². The van der Waals surface area contributed by atoms with Gasteiger partial charge < -0.3 is 10.6 Å². The normalized spacial score (nSPS) is 22.7. The average molecular weight is 375 g/mol. The van der Waals surface area contributed by atoms with Crippen LogP contribution in [0, 0.1) is 17.2 Å². The van der Waals surface area contributed by atoms with Crippen LogP contribution in [0.25, 0.3) is 0 Å². The Morgan fingerprint density at radius 2 is 1.89 bits per heavy atom. The Kier molecular flexibility index (Phi) is 5.84. The summed E-state index contributed by atoms with van der Waals surface area (Å²) in [5.41, 5.74) is 6.04. The second-order valence-corrected chi connectivity index (χ2v) is 8.56. The van der Waals surface area contributed by atoms with Crippen LogP contribution in [-0.2, 0) is 16.0 Å². The molecule has 2 fully saturated rings. The molecule has 2 heterocycles.